The van der Waals surface area contributed by atoms with Crippen LogP contribution in [0, 0.1) is 0 Å². The summed E-state index contributed by atoms with van der Waals surface area (Å²) >= 11 is 0. The molecular formula is C21H25N3O4. The minimum absolute atomic E-state index is 0.401. The molecular weight excluding hydrogens is 358 g/mol. The van der Waals surface area contributed by atoms with E-state index in [0.29, 0.717) is 37.3 Å². The zero-order valence-electron chi connectivity index (χ0n) is 16.3. The molecule has 0 unspecified atom stereocenters. The molecule has 1 aliphatic rings. The molecule has 3 aromatic rings. The third-order valence-electron chi connectivity index (χ3n) is 5.04. The maximum absolute atomic E-state index is 5.82. The lowest BCUT2D eigenvalue weighted by atomic mass is 10.1. The molecule has 7 nitrogen and oxygen atoms in total. The van der Waals surface area contributed by atoms with E-state index in [-0.39, 0.29) is 0 Å². The molecule has 0 amide bonds. The number of furan rings is 1. The summed E-state index contributed by atoms with van der Waals surface area (Å²) in [7, 11) is 0. The van der Waals surface area contributed by atoms with Gasteiger partial charge in [-0.25, -0.2) is 0 Å². The number of nitrogens with zero attached hydrogens (tertiary/aromatic N) is 3. The van der Waals surface area contributed by atoms with E-state index in [1.165, 1.54) is 0 Å². The van der Waals surface area contributed by atoms with Crippen molar-refractivity contribution in [3.8, 4) is 28.8 Å². The summed E-state index contributed by atoms with van der Waals surface area (Å²) < 4.78 is 22.4. The molecule has 7 heteroatoms. The SMILES string of the molecule is CCN(CC)CCOc1ccc(-c2noc(-c3occ4c3CCOC4)n2)cc1. The molecule has 3 heterocycles. The zero-order valence-corrected chi connectivity index (χ0v) is 16.3. The highest BCUT2D eigenvalue weighted by Crippen LogP contribution is 2.31. The summed E-state index contributed by atoms with van der Waals surface area (Å²) in [4.78, 5) is 6.84. The van der Waals surface area contributed by atoms with Gasteiger partial charge in [0.2, 0.25) is 5.82 Å². The van der Waals surface area contributed by atoms with Gasteiger partial charge in [-0.3, -0.25) is 0 Å². The Bertz CT molecular complexity index is 897. The molecule has 0 aliphatic carbocycles. The summed E-state index contributed by atoms with van der Waals surface area (Å²) in [6.45, 7) is 9.21. The summed E-state index contributed by atoms with van der Waals surface area (Å²) in [5.74, 6) is 2.41. The second kappa shape index (κ2) is 8.58. The molecule has 0 saturated heterocycles. The van der Waals surface area contributed by atoms with Crippen LogP contribution in [-0.4, -0.2) is 47.9 Å². The van der Waals surface area contributed by atoms with E-state index in [1.807, 2.05) is 24.3 Å². The molecule has 0 spiro atoms. The van der Waals surface area contributed by atoms with E-state index in [4.69, 9.17) is 18.4 Å². The quantitative estimate of drug-likeness (QED) is 0.586. The van der Waals surface area contributed by atoms with Gasteiger partial charge < -0.3 is 23.3 Å². The molecule has 28 heavy (non-hydrogen) atoms. The Labute approximate surface area is 164 Å². The molecule has 2 aromatic heterocycles. The Morgan fingerprint density at radius 1 is 1.14 bits per heavy atom. The average Bonchev–Trinajstić information content (AvgIpc) is 3.39. The number of hydrogen-bond acceptors (Lipinski definition) is 7. The predicted molar refractivity (Wildman–Crippen MR) is 104 cm³/mol. The predicted octanol–water partition coefficient (Wildman–Crippen LogP) is 3.79. The van der Waals surface area contributed by atoms with Gasteiger partial charge in [0.05, 0.1) is 19.5 Å². The van der Waals surface area contributed by atoms with Gasteiger partial charge in [-0.2, -0.15) is 4.98 Å². The summed E-state index contributed by atoms with van der Waals surface area (Å²) in [6, 6.07) is 7.74. The van der Waals surface area contributed by atoms with Crippen molar-refractivity contribution >= 4 is 0 Å². The van der Waals surface area contributed by atoms with Gasteiger partial charge in [-0.05, 0) is 37.4 Å². The Balaban J connectivity index is 1.42. The fourth-order valence-corrected chi connectivity index (χ4v) is 3.31. The first-order valence-corrected chi connectivity index (χ1v) is 9.75. The van der Waals surface area contributed by atoms with E-state index in [2.05, 4.69) is 28.9 Å². The van der Waals surface area contributed by atoms with E-state index < -0.39 is 0 Å². The molecule has 148 valence electrons. The maximum atomic E-state index is 5.82. The number of benzene rings is 1. The minimum Gasteiger partial charge on any atom is -0.492 e. The van der Waals surface area contributed by atoms with Crippen LogP contribution in [0.25, 0.3) is 23.0 Å². The number of rotatable bonds is 8. The van der Waals surface area contributed by atoms with Crippen molar-refractivity contribution in [1.29, 1.82) is 0 Å². The largest absolute Gasteiger partial charge is 0.492 e. The first-order chi connectivity index (χ1) is 13.8. The Kier molecular flexibility index (Phi) is 5.73. The van der Waals surface area contributed by atoms with Crippen LogP contribution in [0.2, 0.25) is 0 Å². The van der Waals surface area contributed by atoms with E-state index in [1.54, 1.807) is 6.26 Å². The number of aromatic nitrogens is 2. The van der Waals surface area contributed by atoms with Crippen molar-refractivity contribution < 1.29 is 18.4 Å². The lowest BCUT2D eigenvalue weighted by molar-refractivity contribution is 0.111. The summed E-state index contributed by atoms with van der Waals surface area (Å²) in [6.07, 6.45) is 2.50. The van der Waals surface area contributed by atoms with Crippen LogP contribution in [0.5, 0.6) is 5.75 Å². The highest BCUT2D eigenvalue weighted by Gasteiger charge is 2.23. The normalized spacial score (nSPS) is 13.7. The Morgan fingerprint density at radius 3 is 2.75 bits per heavy atom. The van der Waals surface area contributed by atoms with Crippen LogP contribution >= 0.6 is 0 Å². The second-order valence-corrected chi connectivity index (χ2v) is 6.69. The Hall–Kier alpha value is -2.64. The van der Waals surface area contributed by atoms with E-state index in [9.17, 15) is 0 Å². The van der Waals surface area contributed by atoms with E-state index in [0.717, 1.165) is 48.5 Å². The Morgan fingerprint density at radius 2 is 1.96 bits per heavy atom. The van der Waals surface area contributed by atoms with Crippen LogP contribution < -0.4 is 4.74 Å². The smallest absolute Gasteiger partial charge is 0.294 e. The van der Waals surface area contributed by atoms with Crippen molar-refractivity contribution in [3.05, 3.63) is 41.7 Å². The number of hydrogen-bond donors (Lipinski definition) is 0. The van der Waals surface area contributed by atoms with Gasteiger partial charge in [0.1, 0.15) is 12.4 Å². The molecule has 0 bridgehead atoms. The van der Waals surface area contributed by atoms with Crippen LogP contribution in [0.4, 0.5) is 0 Å². The van der Waals surface area contributed by atoms with Crippen LogP contribution in [-0.2, 0) is 17.8 Å². The fraction of sp³-hybridized carbons (Fsp3) is 0.429. The van der Waals surface area contributed by atoms with Crippen molar-refractivity contribution in [3.63, 3.8) is 0 Å². The number of fused-ring (bicyclic) bond motifs is 1. The van der Waals surface area contributed by atoms with Gasteiger partial charge in [0.25, 0.3) is 5.89 Å². The average molecular weight is 383 g/mol. The van der Waals surface area contributed by atoms with Gasteiger partial charge in [-0.15, -0.1) is 0 Å². The number of ether oxygens (including phenoxy) is 2. The van der Waals surface area contributed by atoms with Gasteiger partial charge >= 0.3 is 0 Å². The molecule has 0 fully saturated rings. The second-order valence-electron chi connectivity index (χ2n) is 6.69. The molecule has 4 rings (SSSR count). The summed E-state index contributed by atoms with van der Waals surface area (Å²) in [5.41, 5.74) is 3.01. The maximum Gasteiger partial charge on any atom is 0.294 e. The first kappa shape index (κ1) is 18.7. The van der Waals surface area contributed by atoms with Crippen molar-refractivity contribution in [2.45, 2.75) is 26.9 Å². The third-order valence-corrected chi connectivity index (χ3v) is 5.04. The third kappa shape index (κ3) is 3.95. The molecule has 0 N–H and O–H groups in total. The highest BCUT2D eigenvalue weighted by atomic mass is 16.5. The topological polar surface area (TPSA) is 73.8 Å². The lowest BCUT2D eigenvalue weighted by Crippen LogP contribution is -2.27. The zero-order chi connectivity index (χ0) is 19.3. The van der Waals surface area contributed by atoms with Gasteiger partial charge in [0.15, 0.2) is 5.76 Å². The standard InChI is InChI=1S/C21H25N3O4/c1-3-24(4-2)10-12-26-17-7-5-15(6-8-17)20-22-21(28-23-20)19-18-9-11-25-13-16(18)14-27-19/h5-8,14H,3-4,9-13H2,1-2H3. The molecule has 0 saturated carbocycles. The van der Waals surface area contributed by atoms with Crippen LogP contribution in [0.3, 0.4) is 0 Å². The highest BCUT2D eigenvalue weighted by molar-refractivity contribution is 5.60. The molecule has 1 aromatic carbocycles. The van der Waals surface area contributed by atoms with Gasteiger partial charge in [-0.1, -0.05) is 19.0 Å². The fourth-order valence-electron chi connectivity index (χ4n) is 3.31. The monoisotopic (exact) mass is 383 g/mol. The summed E-state index contributed by atoms with van der Waals surface area (Å²) in [5, 5.41) is 4.10. The number of likely N-dealkylation sites (N-methyl/N-ethyl adjacent to an activating group) is 1. The molecule has 0 radical (unpaired) electrons. The van der Waals surface area contributed by atoms with Crippen LogP contribution in [0.15, 0.2) is 39.5 Å². The van der Waals surface area contributed by atoms with Crippen molar-refractivity contribution in [2.24, 2.45) is 0 Å². The molecule has 0 atom stereocenters. The van der Waals surface area contributed by atoms with Crippen molar-refractivity contribution in [2.75, 3.05) is 32.8 Å². The molecule has 1 aliphatic heterocycles. The van der Waals surface area contributed by atoms with E-state index >= 15 is 0 Å². The lowest BCUT2D eigenvalue weighted by Gasteiger charge is -2.17. The van der Waals surface area contributed by atoms with Crippen LogP contribution in [0.1, 0.15) is 25.0 Å². The van der Waals surface area contributed by atoms with Gasteiger partial charge in [0, 0.05) is 29.7 Å². The van der Waals surface area contributed by atoms with Crippen molar-refractivity contribution in [1.82, 2.24) is 15.0 Å². The first-order valence-electron chi connectivity index (χ1n) is 9.75. The minimum atomic E-state index is 0.401.